The van der Waals surface area contributed by atoms with Crippen molar-refractivity contribution in [3.63, 3.8) is 0 Å². The van der Waals surface area contributed by atoms with Gasteiger partial charge in [0.25, 0.3) is 0 Å². The zero-order valence-electron chi connectivity index (χ0n) is 8.87. The van der Waals surface area contributed by atoms with Crippen molar-refractivity contribution >= 4 is 0 Å². The summed E-state index contributed by atoms with van der Waals surface area (Å²) in [7, 11) is 0. The van der Waals surface area contributed by atoms with Crippen molar-refractivity contribution in [1.82, 2.24) is 0 Å². The van der Waals surface area contributed by atoms with E-state index in [1.807, 2.05) is 0 Å². The summed E-state index contributed by atoms with van der Waals surface area (Å²) < 4.78 is 5.64. The molecule has 0 radical (unpaired) electrons. The lowest BCUT2D eigenvalue weighted by atomic mass is 9.96. The Morgan fingerprint density at radius 2 is 2.21 bits per heavy atom. The Morgan fingerprint density at radius 3 is 3.00 bits per heavy atom. The second-order valence-corrected chi connectivity index (χ2v) is 4.46. The highest BCUT2D eigenvalue weighted by Gasteiger charge is 2.25. The topological polar surface area (TPSA) is 35.2 Å². The lowest BCUT2D eigenvalue weighted by Crippen LogP contribution is -2.36. The molecule has 0 aromatic carbocycles. The molecule has 80 valence electrons. The summed E-state index contributed by atoms with van der Waals surface area (Å²) in [5.41, 5.74) is 7.68. The predicted octanol–water partition coefficient (Wildman–Crippen LogP) is 2.38. The first kappa shape index (κ1) is 10.2. The molecule has 2 unspecified atom stereocenters. The van der Waals surface area contributed by atoms with Crippen molar-refractivity contribution in [2.24, 2.45) is 5.73 Å². The zero-order valence-corrected chi connectivity index (χ0v) is 8.87. The fourth-order valence-corrected chi connectivity index (χ4v) is 2.47. The van der Waals surface area contributed by atoms with Crippen LogP contribution in [0.1, 0.15) is 44.9 Å². The summed E-state index contributed by atoms with van der Waals surface area (Å²) in [6, 6.07) is 0.176. The van der Waals surface area contributed by atoms with Gasteiger partial charge in [-0.05, 0) is 38.5 Å². The minimum absolute atomic E-state index is 0.176. The van der Waals surface area contributed by atoms with E-state index in [-0.39, 0.29) is 6.04 Å². The van der Waals surface area contributed by atoms with E-state index in [4.69, 9.17) is 10.5 Å². The van der Waals surface area contributed by atoms with E-state index in [1.165, 1.54) is 44.1 Å². The quantitative estimate of drug-likeness (QED) is 0.687. The van der Waals surface area contributed by atoms with Crippen molar-refractivity contribution in [2.75, 3.05) is 6.61 Å². The Balaban J connectivity index is 1.94. The van der Waals surface area contributed by atoms with E-state index in [1.54, 1.807) is 0 Å². The molecule has 1 aliphatic heterocycles. The van der Waals surface area contributed by atoms with E-state index in [0.29, 0.717) is 6.10 Å². The third-order valence-electron chi connectivity index (χ3n) is 3.37. The van der Waals surface area contributed by atoms with Gasteiger partial charge in [0, 0.05) is 6.61 Å². The largest absolute Gasteiger partial charge is 0.376 e. The van der Waals surface area contributed by atoms with Crippen LogP contribution in [0.4, 0.5) is 0 Å². The molecule has 0 bridgehead atoms. The average molecular weight is 195 g/mol. The first-order valence-corrected chi connectivity index (χ1v) is 5.94. The average Bonchev–Trinajstić information content (AvgIpc) is 2.59. The fourth-order valence-electron chi connectivity index (χ4n) is 2.47. The second-order valence-electron chi connectivity index (χ2n) is 4.46. The third-order valence-corrected chi connectivity index (χ3v) is 3.37. The maximum Gasteiger partial charge on any atom is 0.0765 e. The van der Waals surface area contributed by atoms with Crippen LogP contribution in [0.2, 0.25) is 0 Å². The molecule has 2 atom stereocenters. The molecule has 14 heavy (non-hydrogen) atoms. The molecule has 0 saturated carbocycles. The highest BCUT2D eigenvalue weighted by atomic mass is 16.5. The molecule has 2 aliphatic rings. The third kappa shape index (κ3) is 2.37. The molecule has 0 aromatic heterocycles. The molecule has 2 heteroatoms. The van der Waals surface area contributed by atoms with Crippen LogP contribution in [0.5, 0.6) is 0 Å². The van der Waals surface area contributed by atoms with Gasteiger partial charge in [0.15, 0.2) is 0 Å². The predicted molar refractivity (Wildman–Crippen MR) is 58.1 cm³/mol. The van der Waals surface area contributed by atoms with Crippen LogP contribution in [-0.4, -0.2) is 18.8 Å². The molecule has 1 saturated heterocycles. The lowest BCUT2D eigenvalue weighted by Gasteiger charge is -2.21. The standard InChI is InChI=1S/C12H21NO/c13-12(11-8-5-9-14-11)10-6-3-1-2-4-7-10/h6,11-12H,1-5,7-9,13H2. The van der Waals surface area contributed by atoms with Crippen LogP contribution in [0.25, 0.3) is 0 Å². The summed E-state index contributed by atoms with van der Waals surface area (Å²) in [5.74, 6) is 0. The monoisotopic (exact) mass is 195 g/mol. The summed E-state index contributed by atoms with van der Waals surface area (Å²) in [4.78, 5) is 0. The number of allylic oxidation sites excluding steroid dienone is 1. The van der Waals surface area contributed by atoms with Gasteiger partial charge in [0.2, 0.25) is 0 Å². The van der Waals surface area contributed by atoms with Crippen LogP contribution in [0.3, 0.4) is 0 Å². The molecule has 1 fully saturated rings. The number of rotatable bonds is 2. The van der Waals surface area contributed by atoms with E-state index >= 15 is 0 Å². The Kier molecular flexibility index (Phi) is 3.60. The van der Waals surface area contributed by atoms with Crippen LogP contribution in [0, 0.1) is 0 Å². The maximum absolute atomic E-state index is 6.23. The molecule has 0 spiro atoms. The lowest BCUT2D eigenvalue weighted by molar-refractivity contribution is 0.0978. The Morgan fingerprint density at radius 1 is 1.29 bits per heavy atom. The second kappa shape index (κ2) is 4.94. The van der Waals surface area contributed by atoms with Gasteiger partial charge in [-0.3, -0.25) is 0 Å². The van der Waals surface area contributed by atoms with Gasteiger partial charge in [-0.25, -0.2) is 0 Å². The Bertz CT molecular complexity index is 206. The highest BCUT2D eigenvalue weighted by molar-refractivity contribution is 5.14. The van der Waals surface area contributed by atoms with Crippen molar-refractivity contribution in [3.8, 4) is 0 Å². The highest BCUT2D eigenvalue weighted by Crippen LogP contribution is 2.25. The van der Waals surface area contributed by atoms with Gasteiger partial charge in [0.1, 0.15) is 0 Å². The van der Waals surface area contributed by atoms with E-state index < -0.39 is 0 Å². The van der Waals surface area contributed by atoms with E-state index in [0.717, 1.165) is 13.0 Å². The first-order valence-electron chi connectivity index (χ1n) is 5.94. The summed E-state index contributed by atoms with van der Waals surface area (Å²) in [5, 5.41) is 0. The van der Waals surface area contributed by atoms with Gasteiger partial charge in [-0.2, -0.15) is 0 Å². The van der Waals surface area contributed by atoms with Gasteiger partial charge in [0.05, 0.1) is 12.1 Å². The van der Waals surface area contributed by atoms with Gasteiger partial charge in [-0.1, -0.05) is 18.1 Å². The number of hydrogen-bond donors (Lipinski definition) is 1. The first-order chi connectivity index (χ1) is 6.88. The molecule has 1 aliphatic carbocycles. The summed E-state index contributed by atoms with van der Waals surface area (Å²) in [6.45, 7) is 0.908. The van der Waals surface area contributed by atoms with Crippen LogP contribution < -0.4 is 5.73 Å². The maximum atomic E-state index is 6.23. The van der Waals surface area contributed by atoms with Gasteiger partial charge < -0.3 is 10.5 Å². The van der Waals surface area contributed by atoms with E-state index in [9.17, 15) is 0 Å². The van der Waals surface area contributed by atoms with E-state index in [2.05, 4.69) is 6.08 Å². The van der Waals surface area contributed by atoms with Gasteiger partial charge >= 0.3 is 0 Å². The molecule has 2 nitrogen and oxygen atoms in total. The summed E-state index contributed by atoms with van der Waals surface area (Å²) >= 11 is 0. The number of hydrogen-bond acceptors (Lipinski definition) is 2. The molecule has 0 aromatic rings. The Labute approximate surface area is 86.5 Å². The van der Waals surface area contributed by atoms with Crippen molar-refractivity contribution in [3.05, 3.63) is 11.6 Å². The van der Waals surface area contributed by atoms with Crippen molar-refractivity contribution < 1.29 is 4.74 Å². The van der Waals surface area contributed by atoms with Gasteiger partial charge in [-0.15, -0.1) is 0 Å². The minimum atomic E-state index is 0.176. The molecule has 2 rings (SSSR count). The number of ether oxygens (including phenoxy) is 1. The fraction of sp³-hybridized carbons (Fsp3) is 0.833. The van der Waals surface area contributed by atoms with Crippen LogP contribution in [0.15, 0.2) is 11.6 Å². The molecular formula is C12H21NO. The SMILES string of the molecule is NC(C1=CCCCCC1)C1CCCO1. The normalized spacial score (nSPS) is 30.9. The smallest absolute Gasteiger partial charge is 0.0765 e. The van der Waals surface area contributed by atoms with Crippen molar-refractivity contribution in [2.45, 2.75) is 57.1 Å². The summed E-state index contributed by atoms with van der Waals surface area (Å²) in [6.07, 6.45) is 11.4. The van der Waals surface area contributed by atoms with Crippen LogP contribution >= 0.6 is 0 Å². The zero-order chi connectivity index (χ0) is 9.80. The van der Waals surface area contributed by atoms with Crippen molar-refractivity contribution in [1.29, 1.82) is 0 Å². The molecule has 1 heterocycles. The molecule has 0 amide bonds. The molecule has 2 N–H and O–H groups in total. The van der Waals surface area contributed by atoms with Crippen LogP contribution in [-0.2, 0) is 4.74 Å². The minimum Gasteiger partial charge on any atom is -0.376 e. The number of nitrogens with two attached hydrogens (primary N) is 1. The Hall–Kier alpha value is -0.340. The molecular weight excluding hydrogens is 174 g/mol.